The molecule has 1 atom stereocenters. The van der Waals surface area contributed by atoms with Crippen LogP contribution in [0.4, 0.5) is 0 Å². The molecule has 1 aromatic rings. The smallest absolute Gasteiger partial charge is 0.0701 e. The summed E-state index contributed by atoms with van der Waals surface area (Å²) in [6, 6.07) is 0.406. The van der Waals surface area contributed by atoms with Crippen LogP contribution in [0.5, 0.6) is 0 Å². The Morgan fingerprint density at radius 3 is 2.68 bits per heavy atom. The molecule has 0 aliphatic heterocycles. The van der Waals surface area contributed by atoms with Crippen molar-refractivity contribution in [3.8, 4) is 0 Å². The quantitative estimate of drug-likeness (QED) is 0.844. The second-order valence-corrected chi connectivity index (χ2v) is 6.81. The summed E-state index contributed by atoms with van der Waals surface area (Å²) >= 11 is 3.71. The lowest BCUT2D eigenvalue weighted by atomic mass is 9.79. The Bertz CT molecular complexity index is 408. The number of hydrogen-bond acceptors (Lipinski definition) is 2. The molecule has 0 radical (unpaired) electrons. The van der Waals surface area contributed by atoms with Gasteiger partial charge in [-0.1, -0.05) is 33.6 Å². The van der Waals surface area contributed by atoms with Gasteiger partial charge in [-0.05, 0) is 47.2 Å². The van der Waals surface area contributed by atoms with Crippen LogP contribution in [0.3, 0.4) is 0 Å². The predicted octanol–water partition coefficient (Wildman–Crippen LogP) is 4.29. The van der Waals surface area contributed by atoms with Gasteiger partial charge in [0, 0.05) is 6.54 Å². The minimum Gasteiger partial charge on any atom is -0.308 e. The van der Waals surface area contributed by atoms with Gasteiger partial charge >= 0.3 is 0 Å². The fourth-order valence-corrected chi connectivity index (χ4v) is 3.92. The first-order valence-electron chi connectivity index (χ1n) is 7.57. The highest BCUT2D eigenvalue weighted by molar-refractivity contribution is 9.10. The molecule has 1 fully saturated rings. The molecule has 1 N–H and O–H groups in total. The van der Waals surface area contributed by atoms with Crippen LogP contribution in [0.25, 0.3) is 0 Å². The van der Waals surface area contributed by atoms with Gasteiger partial charge in [0.2, 0.25) is 0 Å². The lowest BCUT2D eigenvalue weighted by Crippen LogP contribution is -2.36. The van der Waals surface area contributed by atoms with Crippen LogP contribution >= 0.6 is 15.9 Å². The van der Waals surface area contributed by atoms with Crippen molar-refractivity contribution in [2.24, 2.45) is 5.41 Å². The van der Waals surface area contributed by atoms with Gasteiger partial charge in [-0.3, -0.25) is 4.68 Å². The Morgan fingerprint density at radius 1 is 1.42 bits per heavy atom. The molecule has 3 nitrogen and oxygen atoms in total. The van der Waals surface area contributed by atoms with Crippen molar-refractivity contribution in [3.05, 3.63) is 16.4 Å². The first-order chi connectivity index (χ1) is 9.12. The van der Waals surface area contributed by atoms with Crippen molar-refractivity contribution in [2.45, 2.75) is 65.5 Å². The monoisotopic (exact) mass is 327 g/mol. The van der Waals surface area contributed by atoms with E-state index in [2.05, 4.69) is 51.8 Å². The third kappa shape index (κ3) is 3.05. The number of nitrogens with zero attached hydrogens (tertiary/aromatic N) is 2. The third-order valence-corrected chi connectivity index (χ3v) is 5.00. The van der Waals surface area contributed by atoms with E-state index in [-0.39, 0.29) is 0 Å². The lowest BCUT2D eigenvalue weighted by Gasteiger charge is -2.35. The maximum absolute atomic E-state index is 4.54. The molecule has 1 unspecified atom stereocenters. The van der Waals surface area contributed by atoms with Crippen LogP contribution < -0.4 is 5.32 Å². The minimum atomic E-state index is 0.365. The lowest BCUT2D eigenvalue weighted by molar-refractivity contribution is 0.214. The SMILES string of the molecule is CCCn1ncc(Br)c1C(NCC)C1(C)CCCC1. The predicted molar refractivity (Wildman–Crippen MR) is 83.2 cm³/mol. The largest absolute Gasteiger partial charge is 0.308 e. The molecule has 1 heterocycles. The molecule has 1 aliphatic carbocycles. The van der Waals surface area contributed by atoms with E-state index < -0.39 is 0 Å². The average Bonchev–Trinajstić information content (AvgIpc) is 2.96. The van der Waals surface area contributed by atoms with E-state index in [1.54, 1.807) is 0 Å². The van der Waals surface area contributed by atoms with Crippen molar-refractivity contribution in [1.82, 2.24) is 15.1 Å². The summed E-state index contributed by atoms with van der Waals surface area (Å²) in [6.45, 7) is 8.84. The van der Waals surface area contributed by atoms with Gasteiger partial charge in [-0.2, -0.15) is 5.10 Å². The summed E-state index contributed by atoms with van der Waals surface area (Å²) in [5, 5.41) is 8.26. The number of hydrogen-bond donors (Lipinski definition) is 1. The molecular weight excluding hydrogens is 302 g/mol. The topological polar surface area (TPSA) is 29.9 Å². The molecule has 19 heavy (non-hydrogen) atoms. The summed E-state index contributed by atoms with van der Waals surface area (Å²) in [7, 11) is 0. The van der Waals surface area contributed by atoms with E-state index in [0.29, 0.717) is 11.5 Å². The molecule has 1 saturated carbocycles. The Morgan fingerprint density at radius 2 is 2.11 bits per heavy atom. The van der Waals surface area contributed by atoms with Crippen molar-refractivity contribution >= 4 is 15.9 Å². The van der Waals surface area contributed by atoms with Crippen molar-refractivity contribution < 1.29 is 0 Å². The molecule has 0 aromatic carbocycles. The van der Waals surface area contributed by atoms with Crippen LogP contribution in [0.1, 0.15) is 64.6 Å². The Labute approximate surface area is 125 Å². The highest BCUT2D eigenvalue weighted by Crippen LogP contribution is 2.48. The van der Waals surface area contributed by atoms with Gasteiger partial charge in [0.25, 0.3) is 0 Å². The number of nitrogens with one attached hydrogen (secondary N) is 1. The fourth-order valence-electron chi connectivity index (χ4n) is 3.40. The van der Waals surface area contributed by atoms with Crippen LogP contribution in [-0.2, 0) is 6.54 Å². The van der Waals surface area contributed by atoms with Crippen molar-refractivity contribution in [2.75, 3.05) is 6.54 Å². The fraction of sp³-hybridized carbons (Fsp3) is 0.800. The number of rotatable bonds is 6. The number of aryl methyl sites for hydroxylation is 1. The molecular formula is C15H26BrN3. The second-order valence-electron chi connectivity index (χ2n) is 5.95. The van der Waals surface area contributed by atoms with E-state index in [1.807, 2.05) is 6.20 Å². The Hall–Kier alpha value is -0.350. The standard InChI is InChI=1S/C15H26BrN3/c1-4-10-19-13(12(16)11-18-19)14(17-5-2)15(3)8-6-7-9-15/h11,14,17H,4-10H2,1-3H3. The van der Waals surface area contributed by atoms with Gasteiger partial charge in [0.1, 0.15) is 0 Å². The summed E-state index contributed by atoms with van der Waals surface area (Å²) in [5.41, 5.74) is 1.71. The zero-order valence-electron chi connectivity index (χ0n) is 12.4. The second kappa shape index (κ2) is 6.40. The van der Waals surface area contributed by atoms with Gasteiger partial charge in [-0.15, -0.1) is 0 Å². The summed E-state index contributed by atoms with van der Waals surface area (Å²) in [6.07, 6.45) is 8.42. The molecule has 0 spiro atoms. The third-order valence-electron chi connectivity index (χ3n) is 4.39. The van der Waals surface area contributed by atoms with Gasteiger partial charge < -0.3 is 5.32 Å². The van der Waals surface area contributed by atoms with E-state index in [1.165, 1.54) is 31.4 Å². The molecule has 0 bridgehead atoms. The van der Waals surface area contributed by atoms with Crippen LogP contribution in [0, 0.1) is 5.41 Å². The highest BCUT2D eigenvalue weighted by atomic mass is 79.9. The Balaban J connectivity index is 2.35. The maximum Gasteiger partial charge on any atom is 0.0701 e. The molecule has 108 valence electrons. The normalized spacial score (nSPS) is 19.8. The Kier molecular flexibility index (Phi) is 5.07. The number of aromatic nitrogens is 2. The zero-order chi connectivity index (χ0) is 13.9. The molecule has 0 saturated heterocycles. The van der Waals surface area contributed by atoms with Crippen molar-refractivity contribution in [3.63, 3.8) is 0 Å². The molecule has 0 amide bonds. The van der Waals surface area contributed by atoms with Crippen LogP contribution in [0.2, 0.25) is 0 Å². The first-order valence-corrected chi connectivity index (χ1v) is 8.36. The highest BCUT2D eigenvalue weighted by Gasteiger charge is 2.39. The number of halogens is 1. The van der Waals surface area contributed by atoms with Gasteiger partial charge in [0.05, 0.1) is 22.4 Å². The molecule has 2 rings (SSSR count). The van der Waals surface area contributed by atoms with Crippen LogP contribution in [0.15, 0.2) is 10.7 Å². The molecule has 4 heteroatoms. The van der Waals surface area contributed by atoms with Gasteiger partial charge in [-0.25, -0.2) is 0 Å². The summed E-state index contributed by atoms with van der Waals surface area (Å²) in [5.74, 6) is 0. The maximum atomic E-state index is 4.54. The van der Waals surface area contributed by atoms with Crippen molar-refractivity contribution in [1.29, 1.82) is 0 Å². The molecule has 1 aliphatic rings. The summed E-state index contributed by atoms with van der Waals surface area (Å²) in [4.78, 5) is 0. The van der Waals surface area contributed by atoms with E-state index in [0.717, 1.165) is 24.0 Å². The first kappa shape index (κ1) is 15.0. The van der Waals surface area contributed by atoms with E-state index >= 15 is 0 Å². The zero-order valence-corrected chi connectivity index (χ0v) is 14.0. The average molecular weight is 328 g/mol. The molecule has 1 aromatic heterocycles. The van der Waals surface area contributed by atoms with Crippen LogP contribution in [-0.4, -0.2) is 16.3 Å². The van der Waals surface area contributed by atoms with E-state index in [9.17, 15) is 0 Å². The minimum absolute atomic E-state index is 0.365. The van der Waals surface area contributed by atoms with E-state index in [4.69, 9.17) is 0 Å². The van der Waals surface area contributed by atoms with Gasteiger partial charge in [0.15, 0.2) is 0 Å². The summed E-state index contributed by atoms with van der Waals surface area (Å²) < 4.78 is 3.33.